The normalized spacial score (nSPS) is 10.6. The molecule has 1 aromatic carbocycles. The number of hydrogen-bond acceptors (Lipinski definition) is 5. The predicted molar refractivity (Wildman–Crippen MR) is 73.3 cm³/mol. The molecule has 1 heterocycles. The molecule has 2 rings (SSSR count). The molecule has 20 heavy (non-hydrogen) atoms. The second-order valence-corrected chi connectivity index (χ2v) is 4.67. The Morgan fingerprint density at radius 1 is 1.40 bits per heavy atom. The van der Waals surface area contributed by atoms with Crippen molar-refractivity contribution in [3.05, 3.63) is 39.7 Å². The van der Waals surface area contributed by atoms with Crippen molar-refractivity contribution in [3.8, 4) is 5.75 Å². The van der Waals surface area contributed by atoms with Gasteiger partial charge in [0.1, 0.15) is 6.61 Å². The number of phenols is 1. The fraction of sp³-hybridized carbons (Fsp3) is 0.167. The highest BCUT2D eigenvalue weighted by molar-refractivity contribution is 6.37. The Hall–Kier alpha value is -1.76. The van der Waals surface area contributed by atoms with Gasteiger partial charge in [0.25, 0.3) is 5.91 Å². The maximum atomic E-state index is 11.9. The fourth-order valence-electron chi connectivity index (χ4n) is 1.46. The van der Waals surface area contributed by atoms with Crippen LogP contribution >= 0.6 is 23.2 Å². The van der Waals surface area contributed by atoms with E-state index < -0.39 is 5.91 Å². The van der Waals surface area contributed by atoms with Gasteiger partial charge in [0.05, 0.1) is 10.0 Å². The van der Waals surface area contributed by atoms with E-state index >= 15 is 0 Å². The number of nitrogens with zero attached hydrogens (tertiary/aromatic N) is 1. The molecule has 0 spiro atoms. The van der Waals surface area contributed by atoms with Crippen molar-refractivity contribution in [1.82, 2.24) is 5.16 Å². The molecule has 0 aliphatic carbocycles. The molecule has 1 aromatic heterocycles. The zero-order valence-corrected chi connectivity index (χ0v) is 11.8. The Labute approximate surface area is 124 Å². The SMILES string of the molecule is COCc1cc(C(=O)Nc2cc(Cl)c(O)c(Cl)c2)no1. The number of anilines is 1. The largest absolute Gasteiger partial charge is 0.505 e. The van der Waals surface area contributed by atoms with Gasteiger partial charge in [-0.05, 0) is 12.1 Å². The Kier molecular flexibility index (Phi) is 4.49. The molecule has 0 fully saturated rings. The molecular formula is C12H10Cl2N2O4. The van der Waals surface area contributed by atoms with E-state index in [4.69, 9.17) is 32.5 Å². The summed E-state index contributed by atoms with van der Waals surface area (Å²) >= 11 is 11.5. The molecule has 6 nitrogen and oxygen atoms in total. The lowest BCUT2D eigenvalue weighted by molar-refractivity contribution is 0.101. The summed E-state index contributed by atoms with van der Waals surface area (Å²) in [5, 5.41) is 15.6. The third kappa shape index (κ3) is 3.22. The number of aromatic hydroxyl groups is 1. The van der Waals surface area contributed by atoms with Crippen LogP contribution in [0.5, 0.6) is 5.75 Å². The zero-order chi connectivity index (χ0) is 14.7. The zero-order valence-electron chi connectivity index (χ0n) is 10.3. The van der Waals surface area contributed by atoms with E-state index in [1.807, 2.05) is 0 Å². The summed E-state index contributed by atoms with van der Waals surface area (Å²) in [5.41, 5.74) is 0.427. The molecule has 2 aromatic rings. The molecule has 0 saturated carbocycles. The lowest BCUT2D eigenvalue weighted by Gasteiger charge is -2.06. The molecule has 106 valence electrons. The lowest BCUT2D eigenvalue weighted by atomic mass is 10.3. The number of ether oxygens (including phenoxy) is 1. The first-order valence-electron chi connectivity index (χ1n) is 5.45. The molecule has 0 aliphatic heterocycles. The Balaban J connectivity index is 2.14. The maximum Gasteiger partial charge on any atom is 0.277 e. The van der Waals surface area contributed by atoms with Crippen LogP contribution in [0.25, 0.3) is 0 Å². The van der Waals surface area contributed by atoms with E-state index in [0.29, 0.717) is 11.4 Å². The van der Waals surface area contributed by atoms with Crippen LogP contribution in [-0.2, 0) is 11.3 Å². The van der Waals surface area contributed by atoms with Gasteiger partial charge in [0, 0.05) is 18.9 Å². The van der Waals surface area contributed by atoms with Gasteiger partial charge in [-0.1, -0.05) is 28.4 Å². The van der Waals surface area contributed by atoms with E-state index in [0.717, 1.165) is 0 Å². The summed E-state index contributed by atoms with van der Waals surface area (Å²) in [6.07, 6.45) is 0. The number of halogens is 2. The highest BCUT2D eigenvalue weighted by atomic mass is 35.5. The van der Waals surface area contributed by atoms with Gasteiger partial charge >= 0.3 is 0 Å². The highest BCUT2D eigenvalue weighted by Gasteiger charge is 2.14. The van der Waals surface area contributed by atoms with Crippen molar-refractivity contribution in [2.24, 2.45) is 0 Å². The number of aromatic nitrogens is 1. The quantitative estimate of drug-likeness (QED) is 0.847. The van der Waals surface area contributed by atoms with Crippen molar-refractivity contribution in [2.75, 3.05) is 12.4 Å². The molecule has 0 atom stereocenters. The summed E-state index contributed by atoms with van der Waals surface area (Å²) in [4.78, 5) is 11.9. The number of carbonyl (C=O) groups is 1. The second kappa shape index (κ2) is 6.13. The van der Waals surface area contributed by atoms with E-state index in [-0.39, 0.29) is 28.1 Å². The number of carbonyl (C=O) groups excluding carboxylic acids is 1. The number of rotatable bonds is 4. The highest BCUT2D eigenvalue weighted by Crippen LogP contribution is 2.34. The topological polar surface area (TPSA) is 84.6 Å². The standard InChI is InChI=1S/C12H10Cl2N2O4/c1-19-5-7-4-10(16-20-7)12(18)15-6-2-8(13)11(17)9(14)3-6/h2-4,17H,5H2,1H3,(H,15,18). The van der Waals surface area contributed by atoms with Crippen LogP contribution in [0.2, 0.25) is 10.0 Å². The monoisotopic (exact) mass is 316 g/mol. The second-order valence-electron chi connectivity index (χ2n) is 3.85. The molecular weight excluding hydrogens is 307 g/mol. The van der Waals surface area contributed by atoms with E-state index in [2.05, 4.69) is 10.5 Å². The predicted octanol–water partition coefficient (Wildman–Crippen LogP) is 3.09. The fourth-order valence-corrected chi connectivity index (χ4v) is 1.95. The van der Waals surface area contributed by atoms with Crippen LogP contribution in [0, 0.1) is 0 Å². The summed E-state index contributed by atoms with van der Waals surface area (Å²) in [6, 6.07) is 4.20. The van der Waals surface area contributed by atoms with Crippen molar-refractivity contribution in [2.45, 2.75) is 6.61 Å². The van der Waals surface area contributed by atoms with Gasteiger partial charge < -0.3 is 19.7 Å². The summed E-state index contributed by atoms with van der Waals surface area (Å²) in [7, 11) is 1.50. The molecule has 0 radical (unpaired) electrons. The van der Waals surface area contributed by atoms with Crippen molar-refractivity contribution in [3.63, 3.8) is 0 Å². The van der Waals surface area contributed by atoms with Crippen LogP contribution in [0.15, 0.2) is 22.7 Å². The van der Waals surface area contributed by atoms with E-state index in [9.17, 15) is 9.90 Å². The minimum atomic E-state index is -0.492. The van der Waals surface area contributed by atoms with Crippen LogP contribution in [0.4, 0.5) is 5.69 Å². The Morgan fingerprint density at radius 3 is 2.65 bits per heavy atom. The van der Waals surface area contributed by atoms with Crippen LogP contribution in [-0.4, -0.2) is 23.3 Å². The third-order valence-electron chi connectivity index (χ3n) is 2.35. The Morgan fingerprint density at radius 2 is 2.05 bits per heavy atom. The molecule has 0 aliphatic rings. The van der Waals surface area contributed by atoms with Crippen LogP contribution in [0.3, 0.4) is 0 Å². The number of nitrogens with one attached hydrogen (secondary N) is 1. The number of benzene rings is 1. The van der Waals surface area contributed by atoms with Crippen molar-refractivity contribution >= 4 is 34.8 Å². The average molecular weight is 317 g/mol. The molecule has 1 amide bonds. The number of phenolic OH excluding ortho intramolecular Hbond substituents is 1. The first kappa shape index (κ1) is 14.6. The smallest absolute Gasteiger partial charge is 0.277 e. The van der Waals surface area contributed by atoms with Gasteiger partial charge in [0.15, 0.2) is 17.2 Å². The minimum Gasteiger partial charge on any atom is -0.505 e. The number of hydrogen-bond donors (Lipinski definition) is 2. The van der Waals surface area contributed by atoms with Crippen molar-refractivity contribution in [1.29, 1.82) is 0 Å². The summed E-state index contributed by atoms with van der Waals surface area (Å²) in [5.74, 6) is -0.302. The lowest BCUT2D eigenvalue weighted by Crippen LogP contribution is -2.12. The van der Waals surface area contributed by atoms with E-state index in [1.54, 1.807) is 0 Å². The first-order chi connectivity index (χ1) is 9.51. The molecule has 0 unspecified atom stereocenters. The Bertz CT molecular complexity index is 619. The van der Waals surface area contributed by atoms with Gasteiger partial charge in [0.2, 0.25) is 0 Å². The molecule has 0 bridgehead atoms. The average Bonchev–Trinajstić information content (AvgIpc) is 2.85. The number of methoxy groups -OCH3 is 1. The van der Waals surface area contributed by atoms with Gasteiger partial charge in [-0.15, -0.1) is 0 Å². The minimum absolute atomic E-state index is 0.0352. The number of amides is 1. The maximum absolute atomic E-state index is 11.9. The first-order valence-corrected chi connectivity index (χ1v) is 6.20. The molecule has 2 N–H and O–H groups in total. The summed E-state index contributed by atoms with van der Waals surface area (Å²) < 4.78 is 9.76. The summed E-state index contributed by atoms with van der Waals surface area (Å²) in [6.45, 7) is 0.219. The van der Waals surface area contributed by atoms with Gasteiger partial charge in [-0.25, -0.2) is 0 Å². The molecule has 0 saturated heterocycles. The van der Waals surface area contributed by atoms with Crippen LogP contribution in [0.1, 0.15) is 16.2 Å². The van der Waals surface area contributed by atoms with Crippen LogP contribution < -0.4 is 5.32 Å². The molecule has 8 heteroatoms. The van der Waals surface area contributed by atoms with Gasteiger partial charge in [-0.3, -0.25) is 4.79 Å². The van der Waals surface area contributed by atoms with Gasteiger partial charge in [-0.2, -0.15) is 0 Å². The van der Waals surface area contributed by atoms with E-state index in [1.165, 1.54) is 25.3 Å². The third-order valence-corrected chi connectivity index (χ3v) is 2.93. The van der Waals surface area contributed by atoms with Crippen molar-refractivity contribution < 1.29 is 19.2 Å².